The first kappa shape index (κ1) is 16.7. The maximum Gasteiger partial charge on any atom is 0.225 e. The highest BCUT2D eigenvalue weighted by Gasteiger charge is 2.15. The van der Waals surface area contributed by atoms with Crippen LogP contribution in [0.3, 0.4) is 0 Å². The van der Waals surface area contributed by atoms with Crippen LogP contribution in [0.25, 0.3) is 0 Å². The van der Waals surface area contributed by atoms with Crippen molar-refractivity contribution in [1.82, 2.24) is 0 Å². The second kappa shape index (κ2) is 7.56. The summed E-state index contributed by atoms with van der Waals surface area (Å²) in [7, 11) is -3.36. The predicted molar refractivity (Wildman–Crippen MR) is 88.3 cm³/mol. The minimum Gasteiger partial charge on any atom is -0.325 e. The number of hydrogen-bond donors (Lipinski definition) is 1. The van der Waals surface area contributed by atoms with E-state index in [9.17, 15) is 13.2 Å². The second-order valence-corrected chi connectivity index (χ2v) is 7.22. The summed E-state index contributed by atoms with van der Waals surface area (Å²) in [5, 5.41) is 11.5. The highest BCUT2D eigenvalue weighted by atomic mass is 32.2. The van der Waals surface area contributed by atoms with Crippen molar-refractivity contribution in [2.24, 2.45) is 0 Å². The average molecular weight is 328 g/mol. The van der Waals surface area contributed by atoms with Crippen LogP contribution in [-0.4, -0.2) is 20.1 Å². The van der Waals surface area contributed by atoms with Crippen molar-refractivity contribution in [2.45, 2.75) is 12.2 Å². The van der Waals surface area contributed by atoms with E-state index in [1.165, 1.54) is 0 Å². The van der Waals surface area contributed by atoms with Gasteiger partial charge in [0.15, 0.2) is 9.84 Å². The summed E-state index contributed by atoms with van der Waals surface area (Å²) >= 11 is 0. The molecule has 0 aliphatic heterocycles. The number of carbonyl (C=O) groups is 1. The lowest BCUT2D eigenvalue weighted by Gasteiger charge is -2.07. The smallest absolute Gasteiger partial charge is 0.225 e. The van der Waals surface area contributed by atoms with Gasteiger partial charge in [-0.05, 0) is 17.7 Å². The highest BCUT2D eigenvalue weighted by molar-refractivity contribution is 7.90. The molecule has 0 aliphatic rings. The van der Waals surface area contributed by atoms with Crippen LogP contribution in [0, 0.1) is 11.3 Å². The topological polar surface area (TPSA) is 87.0 Å². The van der Waals surface area contributed by atoms with Crippen LogP contribution < -0.4 is 5.32 Å². The SMILES string of the molecule is N#Cc1ccccc1NC(=O)CCS(=O)(=O)Cc1ccccc1. The third-order valence-corrected chi connectivity index (χ3v) is 4.79. The van der Waals surface area contributed by atoms with Gasteiger partial charge in [-0.2, -0.15) is 5.26 Å². The number of anilines is 1. The third-order valence-electron chi connectivity index (χ3n) is 3.19. The van der Waals surface area contributed by atoms with Crippen molar-refractivity contribution >= 4 is 21.4 Å². The van der Waals surface area contributed by atoms with E-state index in [0.29, 0.717) is 16.8 Å². The molecule has 0 heterocycles. The Bertz CT molecular complexity index is 824. The standard InChI is InChI=1S/C17H16N2O3S/c18-12-15-8-4-5-9-16(15)19-17(20)10-11-23(21,22)13-14-6-2-1-3-7-14/h1-9H,10-11,13H2,(H,19,20). The summed E-state index contributed by atoms with van der Waals surface area (Å²) < 4.78 is 24.1. The lowest BCUT2D eigenvalue weighted by Crippen LogP contribution is -2.18. The van der Waals surface area contributed by atoms with Crippen LogP contribution >= 0.6 is 0 Å². The second-order valence-electron chi connectivity index (χ2n) is 5.03. The number of rotatable bonds is 6. The lowest BCUT2D eigenvalue weighted by molar-refractivity contribution is -0.115. The van der Waals surface area contributed by atoms with Gasteiger partial charge in [0, 0.05) is 6.42 Å². The summed E-state index contributed by atoms with van der Waals surface area (Å²) in [6.45, 7) is 0. The first-order chi connectivity index (χ1) is 11.0. The molecular formula is C17H16N2O3S. The molecule has 2 rings (SSSR count). The van der Waals surface area contributed by atoms with E-state index in [2.05, 4.69) is 5.32 Å². The number of nitrogens with zero attached hydrogens (tertiary/aromatic N) is 1. The Morgan fingerprint density at radius 3 is 2.39 bits per heavy atom. The van der Waals surface area contributed by atoms with Crippen molar-refractivity contribution < 1.29 is 13.2 Å². The average Bonchev–Trinajstić information content (AvgIpc) is 2.54. The predicted octanol–water partition coefficient (Wildman–Crippen LogP) is 2.50. The summed E-state index contributed by atoms with van der Waals surface area (Å²) in [5.41, 5.74) is 1.43. The number of hydrogen-bond acceptors (Lipinski definition) is 4. The lowest BCUT2D eigenvalue weighted by atomic mass is 10.2. The fraction of sp³-hybridized carbons (Fsp3) is 0.176. The molecule has 1 N–H and O–H groups in total. The molecule has 0 unspecified atom stereocenters. The van der Waals surface area contributed by atoms with Crippen LogP contribution in [0.1, 0.15) is 17.5 Å². The summed E-state index contributed by atoms with van der Waals surface area (Å²) in [4.78, 5) is 11.9. The van der Waals surface area contributed by atoms with E-state index in [1.807, 2.05) is 12.1 Å². The van der Waals surface area contributed by atoms with Crippen molar-refractivity contribution in [1.29, 1.82) is 5.26 Å². The molecule has 5 nitrogen and oxygen atoms in total. The van der Waals surface area contributed by atoms with E-state index in [4.69, 9.17) is 5.26 Å². The monoisotopic (exact) mass is 328 g/mol. The van der Waals surface area contributed by atoms with Crippen LogP contribution in [0.15, 0.2) is 54.6 Å². The molecule has 0 atom stereocenters. The van der Waals surface area contributed by atoms with Crippen molar-refractivity contribution in [2.75, 3.05) is 11.1 Å². The number of sulfone groups is 1. The minimum atomic E-state index is -3.36. The number of nitrogens with one attached hydrogen (secondary N) is 1. The molecule has 2 aromatic carbocycles. The van der Waals surface area contributed by atoms with Gasteiger partial charge in [0.25, 0.3) is 0 Å². The molecule has 6 heteroatoms. The van der Waals surface area contributed by atoms with Gasteiger partial charge in [-0.25, -0.2) is 8.42 Å². The largest absolute Gasteiger partial charge is 0.325 e. The molecule has 0 bridgehead atoms. The molecule has 118 valence electrons. The van der Waals surface area contributed by atoms with Gasteiger partial charge in [0.1, 0.15) is 6.07 Å². The normalized spacial score (nSPS) is 10.7. The molecule has 0 spiro atoms. The van der Waals surface area contributed by atoms with Gasteiger partial charge in [-0.15, -0.1) is 0 Å². The first-order valence-electron chi connectivity index (χ1n) is 7.03. The number of nitriles is 1. The van der Waals surface area contributed by atoms with Crippen LogP contribution in [-0.2, 0) is 20.4 Å². The molecule has 2 aromatic rings. The molecule has 0 radical (unpaired) electrons. The highest BCUT2D eigenvalue weighted by Crippen LogP contribution is 2.14. The zero-order valence-electron chi connectivity index (χ0n) is 12.4. The van der Waals surface area contributed by atoms with Crippen LogP contribution in [0.2, 0.25) is 0 Å². The van der Waals surface area contributed by atoms with Gasteiger partial charge in [0.2, 0.25) is 5.91 Å². The Morgan fingerprint density at radius 1 is 1.04 bits per heavy atom. The van der Waals surface area contributed by atoms with Gasteiger partial charge < -0.3 is 5.32 Å². The van der Waals surface area contributed by atoms with Crippen LogP contribution in [0.4, 0.5) is 5.69 Å². The van der Waals surface area contributed by atoms with E-state index in [-0.39, 0.29) is 17.9 Å². The third kappa shape index (κ3) is 5.24. The molecule has 23 heavy (non-hydrogen) atoms. The molecule has 0 aromatic heterocycles. The van der Waals surface area contributed by atoms with Gasteiger partial charge in [0.05, 0.1) is 22.8 Å². The quantitative estimate of drug-likeness (QED) is 0.882. The van der Waals surface area contributed by atoms with E-state index in [1.54, 1.807) is 48.5 Å². The number of benzene rings is 2. The molecule has 1 amide bonds. The molecule has 0 aliphatic carbocycles. The zero-order valence-corrected chi connectivity index (χ0v) is 13.2. The Balaban J connectivity index is 1.92. The number of carbonyl (C=O) groups excluding carboxylic acids is 1. The first-order valence-corrected chi connectivity index (χ1v) is 8.85. The number of para-hydroxylation sites is 1. The van der Waals surface area contributed by atoms with E-state index in [0.717, 1.165) is 0 Å². The number of amides is 1. The van der Waals surface area contributed by atoms with Crippen molar-refractivity contribution in [3.05, 3.63) is 65.7 Å². The minimum absolute atomic E-state index is 0.0874. The summed E-state index contributed by atoms with van der Waals surface area (Å²) in [6.07, 6.45) is -0.144. The maximum absolute atomic E-state index is 12.0. The van der Waals surface area contributed by atoms with Crippen molar-refractivity contribution in [3.8, 4) is 6.07 Å². The fourth-order valence-corrected chi connectivity index (χ4v) is 3.39. The maximum atomic E-state index is 12.0. The van der Waals surface area contributed by atoms with Gasteiger partial charge in [-0.3, -0.25) is 4.79 Å². The van der Waals surface area contributed by atoms with E-state index < -0.39 is 15.7 Å². The summed E-state index contributed by atoms with van der Waals surface area (Å²) in [5.74, 6) is -0.748. The Morgan fingerprint density at radius 2 is 1.70 bits per heavy atom. The molecule has 0 saturated carbocycles. The molecular weight excluding hydrogens is 312 g/mol. The van der Waals surface area contributed by atoms with E-state index >= 15 is 0 Å². The zero-order chi connectivity index (χ0) is 16.7. The molecule has 0 saturated heterocycles. The Kier molecular flexibility index (Phi) is 5.50. The Labute approximate surface area is 135 Å². The van der Waals surface area contributed by atoms with Gasteiger partial charge in [-0.1, -0.05) is 42.5 Å². The Hall–Kier alpha value is -2.65. The van der Waals surface area contributed by atoms with Crippen molar-refractivity contribution in [3.63, 3.8) is 0 Å². The fourth-order valence-electron chi connectivity index (χ4n) is 2.05. The van der Waals surface area contributed by atoms with Gasteiger partial charge >= 0.3 is 0 Å². The molecule has 0 fully saturated rings. The van der Waals surface area contributed by atoms with Crippen LogP contribution in [0.5, 0.6) is 0 Å². The summed E-state index contributed by atoms with van der Waals surface area (Å²) in [6, 6.07) is 17.4.